The van der Waals surface area contributed by atoms with Crippen LogP contribution in [-0.4, -0.2) is 52.4 Å². The van der Waals surface area contributed by atoms with E-state index in [-0.39, 0.29) is 5.91 Å². The van der Waals surface area contributed by atoms with Crippen LogP contribution in [0, 0.1) is 5.92 Å². The van der Waals surface area contributed by atoms with Gasteiger partial charge in [-0.15, -0.1) is 11.3 Å². The zero-order valence-corrected chi connectivity index (χ0v) is 16.5. The number of aromatic nitrogens is 1. The molecule has 0 unspecified atom stereocenters. The summed E-state index contributed by atoms with van der Waals surface area (Å²) >= 11 is 1.60. The first-order valence-electron chi connectivity index (χ1n) is 10.2. The first-order chi connectivity index (χ1) is 13.8. The highest BCUT2D eigenvalue weighted by molar-refractivity contribution is 7.16. The number of fused-ring (bicyclic) bond motifs is 3. The van der Waals surface area contributed by atoms with E-state index in [1.807, 2.05) is 23.7 Å². The summed E-state index contributed by atoms with van der Waals surface area (Å²) in [6.45, 7) is 3.19. The summed E-state index contributed by atoms with van der Waals surface area (Å²) in [5, 5.41) is 0. The highest BCUT2D eigenvalue weighted by atomic mass is 32.1. The lowest BCUT2D eigenvalue weighted by Gasteiger charge is -2.51. The molecule has 4 aliphatic rings. The van der Waals surface area contributed by atoms with Crippen molar-refractivity contribution in [2.45, 2.75) is 30.8 Å². The van der Waals surface area contributed by atoms with Gasteiger partial charge in [0.25, 0.3) is 5.91 Å². The summed E-state index contributed by atoms with van der Waals surface area (Å²) in [4.78, 5) is 22.8. The molecule has 3 aromatic rings. The van der Waals surface area contributed by atoms with Crippen molar-refractivity contribution in [3.63, 3.8) is 0 Å². The van der Waals surface area contributed by atoms with Gasteiger partial charge in [-0.1, -0.05) is 30.3 Å². The number of amides is 1. The standard InChI is InChI=1S/C23H23N3OS/c27-23(17-6-7-19-20(12-17)28-14-24-19)26-13-18(15-4-2-1-3-5-15)22-21(26)16-8-10-25(22)11-9-16/h1-7,12,14,16,18,21-22H,8-11,13H2/t18-,21+,22+/m0/s1. The molecule has 142 valence electrons. The van der Waals surface area contributed by atoms with E-state index in [0.717, 1.165) is 22.3 Å². The normalized spacial score (nSPS) is 31.3. The van der Waals surface area contributed by atoms with Crippen LogP contribution in [0.25, 0.3) is 10.2 Å². The van der Waals surface area contributed by atoms with Gasteiger partial charge in [0.2, 0.25) is 0 Å². The maximum atomic E-state index is 13.6. The molecule has 4 aliphatic heterocycles. The van der Waals surface area contributed by atoms with Gasteiger partial charge in [0, 0.05) is 24.1 Å². The number of likely N-dealkylation sites (tertiary alicyclic amines) is 1. The van der Waals surface area contributed by atoms with Crippen molar-refractivity contribution >= 4 is 27.5 Å². The number of hydrogen-bond donors (Lipinski definition) is 0. The number of benzene rings is 2. The molecule has 1 aromatic heterocycles. The lowest BCUT2D eigenvalue weighted by atomic mass is 9.75. The Morgan fingerprint density at radius 2 is 1.86 bits per heavy atom. The molecule has 0 N–H and O–H groups in total. The molecule has 4 saturated heterocycles. The van der Waals surface area contributed by atoms with Crippen LogP contribution in [0.15, 0.2) is 54.0 Å². The van der Waals surface area contributed by atoms with Crippen LogP contribution < -0.4 is 0 Å². The number of thiazole rings is 1. The molecule has 4 fully saturated rings. The highest BCUT2D eigenvalue weighted by Gasteiger charge is 2.54. The third-order valence-electron chi connectivity index (χ3n) is 7.06. The maximum Gasteiger partial charge on any atom is 0.254 e. The van der Waals surface area contributed by atoms with E-state index in [1.165, 1.54) is 31.5 Å². The van der Waals surface area contributed by atoms with E-state index in [9.17, 15) is 4.79 Å². The van der Waals surface area contributed by atoms with Crippen molar-refractivity contribution in [3.8, 4) is 0 Å². The van der Waals surface area contributed by atoms with Crippen molar-refractivity contribution in [2.24, 2.45) is 5.92 Å². The predicted molar refractivity (Wildman–Crippen MR) is 112 cm³/mol. The van der Waals surface area contributed by atoms with Crippen molar-refractivity contribution < 1.29 is 4.79 Å². The van der Waals surface area contributed by atoms with Gasteiger partial charge in [-0.3, -0.25) is 9.69 Å². The third-order valence-corrected chi connectivity index (χ3v) is 7.85. The summed E-state index contributed by atoms with van der Waals surface area (Å²) in [6, 6.07) is 17.6. The molecule has 5 heterocycles. The van der Waals surface area contributed by atoms with Crippen LogP contribution in [0.3, 0.4) is 0 Å². The molecule has 28 heavy (non-hydrogen) atoms. The molecule has 7 rings (SSSR count). The van der Waals surface area contributed by atoms with E-state index in [0.29, 0.717) is 23.9 Å². The molecule has 5 heteroatoms. The van der Waals surface area contributed by atoms with Crippen molar-refractivity contribution in [3.05, 3.63) is 65.2 Å². The highest BCUT2D eigenvalue weighted by Crippen LogP contribution is 2.47. The minimum absolute atomic E-state index is 0.192. The van der Waals surface area contributed by atoms with Gasteiger partial charge in [-0.05, 0) is 55.6 Å². The topological polar surface area (TPSA) is 36.4 Å². The van der Waals surface area contributed by atoms with Gasteiger partial charge in [0.05, 0.1) is 21.8 Å². The third kappa shape index (κ3) is 2.46. The minimum Gasteiger partial charge on any atom is -0.333 e. The Bertz CT molecular complexity index is 1020. The van der Waals surface area contributed by atoms with Crippen LogP contribution in [-0.2, 0) is 0 Å². The van der Waals surface area contributed by atoms with E-state index in [2.05, 4.69) is 45.1 Å². The average Bonchev–Trinajstić information content (AvgIpc) is 3.40. The zero-order valence-electron chi connectivity index (χ0n) is 15.7. The summed E-state index contributed by atoms with van der Waals surface area (Å²) in [5.41, 5.74) is 5.01. The fourth-order valence-corrected chi connectivity index (χ4v) is 6.52. The lowest BCUT2D eigenvalue weighted by molar-refractivity contribution is -0.00340. The first kappa shape index (κ1) is 16.7. The smallest absolute Gasteiger partial charge is 0.254 e. The molecule has 0 spiro atoms. The number of piperidine rings is 3. The van der Waals surface area contributed by atoms with E-state index >= 15 is 0 Å². The largest absolute Gasteiger partial charge is 0.333 e. The molecule has 2 bridgehead atoms. The summed E-state index contributed by atoms with van der Waals surface area (Å²) in [6.07, 6.45) is 2.45. The Balaban J connectivity index is 1.39. The number of rotatable bonds is 2. The molecule has 3 atom stereocenters. The monoisotopic (exact) mass is 389 g/mol. The second kappa shape index (κ2) is 6.39. The van der Waals surface area contributed by atoms with Crippen molar-refractivity contribution in [1.29, 1.82) is 0 Å². The second-order valence-corrected chi connectivity index (χ2v) is 9.25. The van der Waals surface area contributed by atoms with Crippen LogP contribution in [0.1, 0.15) is 34.7 Å². The van der Waals surface area contributed by atoms with Gasteiger partial charge in [-0.25, -0.2) is 4.98 Å². The Labute approximate surface area is 168 Å². The Hall–Kier alpha value is -2.24. The maximum absolute atomic E-state index is 13.6. The van der Waals surface area contributed by atoms with Gasteiger partial charge in [0.1, 0.15) is 0 Å². The first-order valence-corrected chi connectivity index (χ1v) is 11.1. The Kier molecular flexibility index (Phi) is 3.81. The van der Waals surface area contributed by atoms with E-state index in [1.54, 1.807) is 11.3 Å². The Morgan fingerprint density at radius 1 is 1.04 bits per heavy atom. The van der Waals surface area contributed by atoms with Gasteiger partial charge < -0.3 is 4.90 Å². The van der Waals surface area contributed by atoms with Gasteiger partial charge in [0.15, 0.2) is 0 Å². The SMILES string of the molecule is O=C(c1ccc2ncsc2c1)N1C[C@@H](c2ccccc2)[C@@H]2[C@H]1C1CCN2CC1. The lowest BCUT2D eigenvalue weighted by Crippen LogP contribution is -2.60. The molecular formula is C23H23N3OS. The zero-order chi connectivity index (χ0) is 18.7. The van der Waals surface area contributed by atoms with Crippen LogP contribution in [0.5, 0.6) is 0 Å². The Morgan fingerprint density at radius 3 is 2.68 bits per heavy atom. The number of carbonyl (C=O) groups excluding carboxylic acids is 1. The van der Waals surface area contributed by atoms with Gasteiger partial charge in [-0.2, -0.15) is 0 Å². The summed E-state index contributed by atoms with van der Waals surface area (Å²) in [7, 11) is 0. The van der Waals surface area contributed by atoms with Crippen LogP contribution >= 0.6 is 11.3 Å². The molecule has 0 radical (unpaired) electrons. The average molecular weight is 390 g/mol. The second-order valence-electron chi connectivity index (χ2n) is 8.36. The van der Waals surface area contributed by atoms with Crippen molar-refractivity contribution in [1.82, 2.24) is 14.8 Å². The van der Waals surface area contributed by atoms with Crippen LogP contribution in [0.4, 0.5) is 0 Å². The molecule has 2 aromatic carbocycles. The fourth-order valence-electron chi connectivity index (χ4n) is 5.80. The summed E-state index contributed by atoms with van der Waals surface area (Å²) < 4.78 is 1.09. The number of hydrogen-bond acceptors (Lipinski definition) is 4. The quantitative estimate of drug-likeness (QED) is 0.665. The molecule has 1 amide bonds. The molecule has 4 nitrogen and oxygen atoms in total. The molecular weight excluding hydrogens is 366 g/mol. The number of carbonyl (C=O) groups is 1. The van der Waals surface area contributed by atoms with Gasteiger partial charge >= 0.3 is 0 Å². The van der Waals surface area contributed by atoms with Crippen LogP contribution in [0.2, 0.25) is 0 Å². The fraction of sp³-hybridized carbons (Fsp3) is 0.391. The predicted octanol–water partition coefficient (Wildman–Crippen LogP) is 4.00. The molecule has 0 aliphatic carbocycles. The van der Waals surface area contributed by atoms with E-state index < -0.39 is 0 Å². The summed E-state index contributed by atoms with van der Waals surface area (Å²) in [5.74, 6) is 1.24. The van der Waals surface area contributed by atoms with E-state index in [4.69, 9.17) is 0 Å². The van der Waals surface area contributed by atoms with Crippen molar-refractivity contribution in [2.75, 3.05) is 19.6 Å². The minimum atomic E-state index is 0.192. The number of nitrogens with zero attached hydrogens (tertiary/aromatic N) is 3. The molecule has 0 saturated carbocycles.